The number of hydrogen-bond acceptors (Lipinski definition) is 5. The molecule has 0 aliphatic carbocycles. The molecule has 7 heteroatoms. The minimum atomic E-state index is -0.372. The van der Waals surface area contributed by atoms with Crippen molar-refractivity contribution < 1.29 is 4.52 Å². The summed E-state index contributed by atoms with van der Waals surface area (Å²) >= 11 is 0. The molecule has 0 radical (unpaired) electrons. The molecule has 0 unspecified atom stereocenters. The third kappa shape index (κ3) is 2.39. The molecular formula is C11H14N4O3. The van der Waals surface area contributed by atoms with Crippen molar-refractivity contribution in [3.05, 3.63) is 44.8 Å². The monoisotopic (exact) mass is 250 g/mol. The van der Waals surface area contributed by atoms with E-state index in [9.17, 15) is 9.59 Å². The van der Waals surface area contributed by atoms with E-state index in [1.165, 1.54) is 16.8 Å². The van der Waals surface area contributed by atoms with Gasteiger partial charge in [-0.25, -0.2) is 4.79 Å². The van der Waals surface area contributed by atoms with Crippen LogP contribution < -0.4 is 11.2 Å². The van der Waals surface area contributed by atoms with Crippen molar-refractivity contribution in [2.24, 2.45) is 0 Å². The quantitative estimate of drug-likeness (QED) is 0.771. The van der Waals surface area contributed by atoms with Crippen molar-refractivity contribution in [1.29, 1.82) is 0 Å². The van der Waals surface area contributed by atoms with E-state index in [1.807, 2.05) is 6.92 Å². The Labute approximate surface area is 103 Å². The second-order valence-corrected chi connectivity index (χ2v) is 3.95. The van der Waals surface area contributed by atoms with Crippen LogP contribution in [0.25, 0.3) is 0 Å². The van der Waals surface area contributed by atoms with Gasteiger partial charge in [0, 0.05) is 18.8 Å². The summed E-state index contributed by atoms with van der Waals surface area (Å²) in [6.07, 6.45) is 2.32. The molecule has 0 bridgehead atoms. The van der Waals surface area contributed by atoms with Crippen molar-refractivity contribution >= 4 is 0 Å². The summed E-state index contributed by atoms with van der Waals surface area (Å²) in [4.78, 5) is 27.7. The molecule has 0 fully saturated rings. The molecule has 96 valence electrons. The van der Waals surface area contributed by atoms with Gasteiger partial charge >= 0.3 is 5.69 Å². The van der Waals surface area contributed by atoms with Gasteiger partial charge in [-0.2, -0.15) is 4.98 Å². The fourth-order valence-corrected chi connectivity index (χ4v) is 1.65. The van der Waals surface area contributed by atoms with E-state index in [4.69, 9.17) is 4.52 Å². The van der Waals surface area contributed by atoms with Crippen LogP contribution in [0.15, 0.2) is 26.4 Å². The number of rotatable bonds is 4. The lowest BCUT2D eigenvalue weighted by molar-refractivity contribution is 0.362. The molecule has 0 N–H and O–H groups in total. The SMILES string of the molecule is CCCn1ccc(=O)n(Cc2nc(C)no2)c1=O. The molecule has 0 aromatic carbocycles. The maximum Gasteiger partial charge on any atom is 0.331 e. The molecule has 0 amide bonds. The van der Waals surface area contributed by atoms with Crippen molar-refractivity contribution in [3.63, 3.8) is 0 Å². The lowest BCUT2D eigenvalue weighted by atomic mass is 10.4. The number of nitrogens with zero attached hydrogens (tertiary/aromatic N) is 4. The normalized spacial score (nSPS) is 10.8. The Morgan fingerprint density at radius 2 is 2.17 bits per heavy atom. The van der Waals surface area contributed by atoms with Crippen molar-refractivity contribution in [2.75, 3.05) is 0 Å². The molecule has 2 aromatic heterocycles. The van der Waals surface area contributed by atoms with Crippen LogP contribution in [-0.2, 0) is 13.1 Å². The molecule has 0 aliphatic rings. The summed E-state index contributed by atoms with van der Waals surface area (Å²) in [5.74, 6) is 0.726. The smallest absolute Gasteiger partial charge is 0.331 e. The number of aryl methyl sites for hydroxylation is 2. The highest BCUT2D eigenvalue weighted by Gasteiger charge is 2.09. The molecule has 0 aliphatic heterocycles. The molecule has 0 spiro atoms. The van der Waals surface area contributed by atoms with E-state index in [2.05, 4.69) is 10.1 Å². The van der Waals surface area contributed by atoms with Crippen LogP contribution in [-0.4, -0.2) is 19.3 Å². The Morgan fingerprint density at radius 3 is 2.78 bits per heavy atom. The molecule has 2 rings (SSSR count). The molecule has 0 saturated heterocycles. The van der Waals surface area contributed by atoms with E-state index in [0.717, 1.165) is 11.0 Å². The molecule has 2 aromatic rings. The minimum Gasteiger partial charge on any atom is -0.337 e. The zero-order chi connectivity index (χ0) is 13.1. The second kappa shape index (κ2) is 4.99. The highest BCUT2D eigenvalue weighted by Crippen LogP contribution is 1.96. The Kier molecular flexibility index (Phi) is 3.40. The van der Waals surface area contributed by atoms with Crippen LogP contribution in [0.2, 0.25) is 0 Å². The highest BCUT2D eigenvalue weighted by atomic mass is 16.5. The standard InChI is InChI=1S/C11H14N4O3/c1-3-5-14-6-4-10(16)15(11(14)17)7-9-12-8(2)13-18-9/h4,6H,3,5,7H2,1-2H3. The van der Waals surface area contributed by atoms with Crippen molar-refractivity contribution in [3.8, 4) is 0 Å². The lowest BCUT2D eigenvalue weighted by Gasteiger charge is -2.06. The molecule has 0 atom stereocenters. The largest absolute Gasteiger partial charge is 0.337 e. The van der Waals surface area contributed by atoms with Gasteiger partial charge in [0.25, 0.3) is 5.56 Å². The van der Waals surface area contributed by atoms with Gasteiger partial charge in [-0.3, -0.25) is 9.36 Å². The third-order valence-corrected chi connectivity index (χ3v) is 2.47. The van der Waals surface area contributed by atoms with Gasteiger partial charge in [-0.05, 0) is 13.3 Å². The summed E-state index contributed by atoms with van der Waals surface area (Å²) in [5.41, 5.74) is -0.733. The zero-order valence-corrected chi connectivity index (χ0v) is 10.3. The maximum absolute atomic E-state index is 12.0. The summed E-state index contributed by atoms with van der Waals surface area (Å²) in [6, 6.07) is 1.36. The Bertz CT molecular complexity index is 653. The average Bonchev–Trinajstić information content (AvgIpc) is 2.74. The maximum atomic E-state index is 12.0. The predicted molar refractivity (Wildman–Crippen MR) is 63.4 cm³/mol. The average molecular weight is 250 g/mol. The van der Waals surface area contributed by atoms with Crippen molar-refractivity contribution in [2.45, 2.75) is 33.4 Å². The van der Waals surface area contributed by atoms with Gasteiger partial charge in [0.1, 0.15) is 6.54 Å². The van der Waals surface area contributed by atoms with Gasteiger partial charge < -0.3 is 9.09 Å². The fraction of sp³-hybridized carbons (Fsp3) is 0.455. The van der Waals surface area contributed by atoms with Gasteiger partial charge in [0.2, 0.25) is 5.89 Å². The first-order chi connectivity index (χ1) is 8.61. The second-order valence-electron chi connectivity index (χ2n) is 3.95. The number of aromatic nitrogens is 4. The van der Waals surface area contributed by atoms with E-state index >= 15 is 0 Å². The van der Waals surface area contributed by atoms with Gasteiger partial charge in [-0.15, -0.1) is 0 Å². The van der Waals surface area contributed by atoms with Crippen molar-refractivity contribution in [1.82, 2.24) is 19.3 Å². The molecular weight excluding hydrogens is 236 g/mol. The summed E-state index contributed by atoms with van der Waals surface area (Å²) in [5, 5.41) is 3.62. The van der Waals surface area contributed by atoms with E-state index < -0.39 is 0 Å². The zero-order valence-electron chi connectivity index (χ0n) is 10.3. The van der Waals surface area contributed by atoms with Crippen LogP contribution in [0.4, 0.5) is 0 Å². The first-order valence-corrected chi connectivity index (χ1v) is 5.71. The minimum absolute atomic E-state index is 0.00304. The number of hydrogen-bond donors (Lipinski definition) is 0. The van der Waals surface area contributed by atoms with Crippen LogP contribution in [0.1, 0.15) is 25.1 Å². The van der Waals surface area contributed by atoms with Crippen LogP contribution in [0.5, 0.6) is 0 Å². The Balaban J connectivity index is 2.40. The highest BCUT2D eigenvalue weighted by molar-refractivity contribution is 4.91. The summed E-state index contributed by atoms with van der Waals surface area (Å²) in [6.45, 7) is 4.21. The van der Waals surface area contributed by atoms with E-state index in [0.29, 0.717) is 12.4 Å². The first kappa shape index (κ1) is 12.3. The fourth-order valence-electron chi connectivity index (χ4n) is 1.65. The van der Waals surface area contributed by atoms with Gasteiger partial charge in [-0.1, -0.05) is 12.1 Å². The molecule has 18 heavy (non-hydrogen) atoms. The topological polar surface area (TPSA) is 82.9 Å². The molecule has 0 saturated carbocycles. The van der Waals surface area contributed by atoms with E-state index in [-0.39, 0.29) is 23.7 Å². The van der Waals surface area contributed by atoms with Crippen LogP contribution in [0, 0.1) is 6.92 Å². The first-order valence-electron chi connectivity index (χ1n) is 5.71. The Hall–Kier alpha value is -2.18. The van der Waals surface area contributed by atoms with Gasteiger partial charge in [0.15, 0.2) is 5.82 Å². The molecule has 2 heterocycles. The van der Waals surface area contributed by atoms with Crippen LogP contribution in [0.3, 0.4) is 0 Å². The lowest BCUT2D eigenvalue weighted by Crippen LogP contribution is -2.39. The molecule has 7 nitrogen and oxygen atoms in total. The van der Waals surface area contributed by atoms with Gasteiger partial charge in [0.05, 0.1) is 0 Å². The summed E-state index contributed by atoms with van der Waals surface area (Å²) < 4.78 is 7.49. The van der Waals surface area contributed by atoms with E-state index in [1.54, 1.807) is 6.92 Å². The third-order valence-electron chi connectivity index (χ3n) is 2.47. The predicted octanol–water partition coefficient (Wildman–Crippen LogP) is 0.160. The summed E-state index contributed by atoms with van der Waals surface area (Å²) in [7, 11) is 0. The Morgan fingerprint density at radius 1 is 1.39 bits per heavy atom. The van der Waals surface area contributed by atoms with Crippen LogP contribution >= 0.6 is 0 Å².